The Kier molecular flexibility index (Phi) is 3.82. The fourth-order valence-corrected chi connectivity index (χ4v) is 2.66. The molecule has 0 bridgehead atoms. The summed E-state index contributed by atoms with van der Waals surface area (Å²) >= 11 is 0. The van der Waals surface area contributed by atoms with E-state index in [-0.39, 0.29) is 5.91 Å². The van der Waals surface area contributed by atoms with E-state index in [1.165, 1.54) is 0 Å². The molecule has 1 aromatic heterocycles. The second-order valence-electron chi connectivity index (χ2n) is 5.59. The first-order valence-corrected chi connectivity index (χ1v) is 7.46. The summed E-state index contributed by atoms with van der Waals surface area (Å²) in [6.07, 6.45) is 0. The highest BCUT2D eigenvalue weighted by atomic mass is 16.5. The van der Waals surface area contributed by atoms with Crippen LogP contribution in [0.25, 0.3) is 11.0 Å². The first-order valence-electron chi connectivity index (χ1n) is 7.46. The van der Waals surface area contributed by atoms with Gasteiger partial charge in [0.05, 0.1) is 12.8 Å². The van der Waals surface area contributed by atoms with Crippen LogP contribution in [0.4, 0.5) is 5.69 Å². The van der Waals surface area contributed by atoms with Gasteiger partial charge in [0.1, 0.15) is 11.3 Å². The summed E-state index contributed by atoms with van der Waals surface area (Å²) in [4.78, 5) is 12.6. The van der Waals surface area contributed by atoms with Crippen LogP contribution in [0.5, 0.6) is 5.75 Å². The van der Waals surface area contributed by atoms with E-state index in [0.717, 1.165) is 27.7 Å². The molecule has 1 amide bonds. The Balaban J connectivity index is 2.01. The van der Waals surface area contributed by atoms with E-state index < -0.39 is 0 Å². The number of benzene rings is 2. The minimum Gasteiger partial charge on any atom is -0.495 e. The van der Waals surface area contributed by atoms with Gasteiger partial charge < -0.3 is 14.5 Å². The van der Waals surface area contributed by atoms with Crippen LogP contribution in [0.15, 0.2) is 40.8 Å². The first-order chi connectivity index (χ1) is 11.0. The van der Waals surface area contributed by atoms with Crippen molar-refractivity contribution < 1.29 is 13.9 Å². The maximum Gasteiger partial charge on any atom is 0.291 e. The Hall–Kier alpha value is -2.75. The maximum absolute atomic E-state index is 12.6. The molecule has 1 N–H and O–H groups in total. The molecule has 1 heterocycles. The predicted octanol–water partition coefficient (Wildman–Crippen LogP) is 4.62. The summed E-state index contributed by atoms with van der Waals surface area (Å²) < 4.78 is 11.1. The van der Waals surface area contributed by atoms with Gasteiger partial charge in [-0.2, -0.15) is 0 Å². The van der Waals surface area contributed by atoms with Crippen molar-refractivity contribution in [3.63, 3.8) is 0 Å². The molecule has 0 saturated carbocycles. The largest absolute Gasteiger partial charge is 0.495 e. The predicted molar refractivity (Wildman–Crippen MR) is 91.4 cm³/mol. The third-order valence-corrected chi connectivity index (χ3v) is 4.19. The molecule has 0 aliphatic carbocycles. The lowest BCUT2D eigenvalue weighted by molar-refractivity contribution is 0.0997. The summed E-state index contributed by atoms with van der Waals surface area (Å²) in [5.74, 6) is 0.668. The quantitative estimate of drug-likeness (QED) is 0.768. The molecule has 0 atom stereocenters. The fraction of sp³-hybridized carbons (Fsp3) is 0.211. The number of nitrogens with one attached hydrogen (secondary N) is 1. The monoisotopic (exact) mass is 309 g/mol. The van der Waals surface area contributed by atoms with Crippen molar-refractivity contribution in [2.24, 2.45) is 0 Å². The standard InChI is InChI=1S/C19H19NO3/c1-11-9-10-14-13(3)18(23-17(14)12(11)2)19(21)20-15-7-5-6-8-16(15)22-4/h5-10H,1-4H3,(H,20,21). The normalized spacial score (nSPS) is 10.8. The van der Waals surface area contributed by atoms with Crippen molar-refractivity contribution in [2.45, 2.75) is 20.8 Å². The minimum atomic E-state index is -0.278. The lowest BCUT2D eigenvalue weighted by Gasteiger charge is -2.08. The topological polar surface area (TPSA) is 51.5 Å². The van der Waals surface area contributed by atoms with E-state index in [1.807, 2.05) is 45.0 Å². The molecule has 0 saturated heterocycles. The van der Waals surface area contributed by atoms with Gasteiger partial charge in [-0.3, -0.25) is 4.79 Å². The molecule has 4 nitrogen and oxygen atoms in total. The summed E-state index contributed by atoms with van der Waals surface area (Å²) in [7, 11) is 1.57. The number of methoxy groups -OCH3 is 1. The van der Waals surface area contributed by atoms with Gasteiger partial charge in [-0.15, -0.1) is 0 Å². The number of furan rings is 1. The fourth-order valence-electron chi connectivity index (χ4n) is 2.66. The molecule has 23 heavy (non-hydrogen) atoms. The van der Waals surface area contributed by atoms with Crippen molar-refractivity contribution in [3.8, 4) is 5.75 Å². The van der Waals surface area contributed by atoms with Gasteiger partial charge >= 0.3 is 0 Å². The van der Waals surface area contributed by atoms with Gasteiger partial charge in [0.15, 0.2) is 5.76 Å². The number of aryl methyl sites for hydroxylation is 3. The highest BCUT2D eigenvalue weighted by Gasteiger charge is 2.20. The lowest BCUT2D eigenvalue weighted by Crippen LogP contribution is -2.12. The van der Waals surface area contributed by atoms with Crippen LogP contribution < -0.4 is 10.1 Å². The number of anilines is 1. The maximum atomic E-state index is 12.6. The smallest absolute Gasteiger partial charge is 0.291 e. The zero-order valence-corrected chi connectivity index (χ0v) is 13.7. The van der Waals surface area contributed by atoms with Gasteiger partial charge in [0.25, 0.3) is 5.91 Å². The van der Waals surface area contributed by atoms with Crippen LogP contribution >= 0.6 is 0 Å². The van der Waals surface area contributed by atoms with Crippen molar-refractivity contribution in [1.29, 1.82) is 0 Å². The number of carbonyl (C=O) groups excluding carboxylic acids is 1. The van der Waals surface area contributed by atoms with E-state index in [1.54, 1.807) is 19.2 Å². The number of hydrogen-bond acceptors (Lipinski definition) is 3. The molecule has 0 fully saturated rings. The molecular formula is C19H19NO3. The van der Waals surface area contributed by atoms with E-state index >= 15 is 0 Å². The number of rotatable bonds is 3. The van der Waals surface area contributed by atoms with Crippen molar-refractivity contribution >= 4 is 22.6 Å². The molecule has 3 aromatic rings. The van der Waals surface area contributed by atoms with Crippen LogP contribution in [0.3, 0.4) is 0 Å². The van der Waals surface area contributed by atoms with Crippen molar-refractivity contribution in [2.75, 3.05) is 12.4 Å². The summed E-state index contributed by atoms with van der Waals surface area (Å²) in [5, 5.41) is 3.83. The molecule has 2 aromatic carbocycles. The Morgan fingerprint density at radius 1 is 1.04 bits per heavy atom. The second-order valence-corrected chi connectivity index (χ2v) is 5.59. The third kappa shape index (κ3) is 2.57. The van der Waals surface area contributed by atoms with Crippen LogP contribution in [0, 0.1) is 20.8 Å². The summed E-state index contributed by atoms with van der Waals surface area (Å²) in [5.41, 5.74) is 4.43. The Bertz CT molecular complexity index is 893. The Morgan fingerprint density at radius 3 is 2.52 bits per heavy atom. The Morgan fingerprint density at radius 2 is 1.78 bits per heavy atom. The van der Waals surface area contributed by atoms with Gasteiger partial charge in [-0.25, -0.2) is 0 Å². The zero-order chi connectivity index (χ0) is 16.6. The zero-order valence-electron chi connectivity index (χ0n) is 13.7. The average molecular weight is 309 g/mol. The first kappa shape index (κ1) is 15.2. The van der Waals surface area contributed by atoms with Crippen molar-refractivity contribution in [1.82, 2.24) is 0 Å². The SMILES string of the molecule is COc1ccccc1NC(=O)c1oc2c(C)c(C)ccc2c1C. The lowest BCUT2D eigenvalue weighted by atomic mass is 10.0. The van der Waals surface area contributed by atoms with Crippen LogP contribution in [-0.2, 0) is 0 Å². The molecule has 0 aliphatic heterocycles. The van der Waals surface area contributed by atoms with E-state index in [0.29, 0.717) is 17.2 Å². The number of fused-ring (bicyclic) bond motifs is 1. The number of para-hydroxylation sites is 2. The Labute approximate surface area is 135 Å². The second kappa shape index (κ2) is 5.80. The van der Waals surface area contributed by atoms with Crippen LogP contribution in [0.1, 0.15) is 27.2 Å². The molecule has 0 radical (unpaired) electrons. The summed E-state index contributed by atoms with van der Waals surface area (Å²) in [6.45, 7) is 5.93. The third-order valence-electron chi connectivity index (χ3n) is 4.19. The highest BCUT2D eigenvalue weighted by Crippen LogP contribution is 2.31. The molecule has 0 aliphatic rings. The number of hydrogen-bond donors (Lipinski definition) is 1. The minimum absolute atomic E-state index is 0.278. The molecule has 0 spiro atoms. The number of amides is 1. The van der Waals surface area contributed by atoms with Crippen LogP contribution in [-0.4, -0.2) is 13.0 Å². The highest BCUT2D eigenvalue weighted by molar-refractivity contribution is 6.07. The van der Waals surface area contributed by atoms with Gasteiger partial charge in [0, 0.05) is 10.9 Å². The van der Waals surface area contributed by atoms with Gasteiger partial charge in [-0.05, 0) is 44.0 Å². The van der Waals surface area contributed by atoms with Crippen LogP contribution in [0.2, 0.25) is 0 Å². The molecule has 3 rings (SSSR count). The summed E-state index contributed by atoms with van der Waals surface area (Å²) in [6, 6.07) is 11.3. The molecule has 4 heteroatoms. The van der Waals surface area contributed by atoms with E-state index in [9.17, 15) is 4.79 Å². The van der Waals surface area contributed by atoms with Gasteiger partial charge in [-0.1, -0.05) is 24.3 Å². The molecule has 118 valence electrons. The van der Waals surface area contributed by atoms with E-state index in [2.05, 4.69) is 5.32 Å². The van der Waals surface area contributed by atoms with Crippen molar-refractivity contribution in [3.05, 3.63) is 58.8 Å². The van der Waals surface area contributed by atoms with Gasteiger partial charge in [0.2, 0.25) is 0 Å². The van der Waals surface area contributed by atoms with E-state index in [4.69, 9.17) is 9.15 Å². The number of ether oxygens (including phenoxy) is 1. The average Bonchev–Trinajstić information content (AvgIpc) is 2.89. The molecular weight excluding hydrogens is 290 g/mol. The molecule has 0 unspecified atom stereocenters. The number of carbonyl (C=O) groups is 1.